The predicted molar refractivity (Wildman–Crippen MR) is 49.8 cm³/mol. The number of carboxylic acid groups (broad SMARTS) is 1. The molecule has 1 heterocycles. The number of aromatic nitrogens is 2. The van der Waals surface area contributed by atoms with E-state index in [1.165, 1.54) is 0 Å². The molecule has 1 rings (SSSR count). The lowest BCUT2D eigenvalue weighted by Gasteiger charge is -2.05. The van der Waals surface area contributed by atoms with E-state index in [0.717, 1.165) is 7.11 Å². The minimum absolute atomic E-state index is 0.270. The number of rotatable bonds is 2. The Bertz CT molecular complexity index is 428. The number of ether oxygens (including phenoxy) is 1. The molecule has 1 aromatic heterocycles. The summed E-state index contributed by atoms with van der Waals surface area (Å²) in [5.41, 5.74) is 0.318. The van der Waals surface area contributed by atoms with Crippen molar-refractivity contribution in [3.8, 4) is 0 Å². The third-order valence-corrected chi connectivity index (χ3v) is 1.89. The topological polar surface area (TPSA) is 89.4 Å². The largest absolute Gasteiger partial charge is 0.476 e. The van der Waals surface area contributed by atoms with Crippen LogP contribution in [0, 0.1) is 13.8 Å². The molecule has 0 amide bonds. The fraction of sp³-hybridized carbons (Fsp3) is 0.333. The molecular formula is C9H10N2O4. The van der Waals surface area contributed by atoms with Crippen LogP contribution in [-0.2, 0) is 4.74 Å². The van der Waals surface area contributed by atoms with Crippen molar-refractivity contribution < 1.29 is 19.4 Å². The number of aromatic carboxylic acids is 1. The Labute approximate surface area is 85.9 Å². The SMILES string of the molecule is COC(=O)c1nc(C)c(C)nc1C(=O)O. The normalized spacial score (nSPS) is 9.80. The molecule has 0 aromatic carbocycles. The molecule has 6 nitrogen and oxygen atoms in total. The molecule has 0 bridgehead atoms. The van der Waals surface area contributed by atoms with Crippen molar-refractivity contribution in [1.29, 1.82) is 0 Å². The van der Waals surface area contributed by atoms with Gasteiger partial charge >= 0.3 is 11.9 Å². The molecule has 0 radical (unpaired) electrons. The molecule has 0 unspecified atom stereocenters. The van der Waals surface area contributed by atoms with Crippen LogP contribution in [0.2, 0.25) is 0 Å². The number of carbonyl (C=O) groups excluding carboxylic acids is 1. The maximum absolute atomic E-state index is 11.2. The van der Waals surface area contributed by atoms with Gasteiger partial charge in [-0.15, -0.1) is 0 Å². The number of carbonyl (C=O) groups is 2. The predicted octanol–water partition coefficient (Wildman–Crippen LogP) is 0.578. The summed E-state index contributed by atoms with van der Waals surface area (Å²) in [5, 5.41) is 8.82. The van der Waals surface area contributed by atoms with Gasteiger partial charge in [-0.2, -0.15) is 0 Å². The number of aryl methyl sites for hydroxylation is 2. The Morgan fingerprint density at radius 3 is 2.00 bits per heavy atom. The molecule has 1 N–H and O–H groups in total. The number of nitrogens with zero attached hydrogens (tertiary/aromatic N) is 2. The van der Waals surface area contributed by atoms with Gasteiger partial charge in [0.25, 0.3) is 0 Å². The Balaban J connectivity index is 3.41. The first-order chi connectivity index (χ1) is 6.97. The zero-order valence-electron chi connectivity index (χ0n) is 8.57. The molecule has 0 aliphatic heterocycles. The van der Waals surface area contributed by atoms with Crippen LogP contribution < -0.4 is 0 Å². The second-order valence-corrected chi connectivity index (χ2v) is 2.89. The lowest BCUT2D eigenvalue weighted by molar-refractivity contribution is 0.0572. The molecule has 6 heteroatoms. The second-order valence-electron chi connectivity index (χ2n) is 2.89. The van der Waals surface area contributed by atoms with Gasteiger partial charge in [0.15, 0.2) is 11.4 Å². The van der Waals surface area contributed by atoms with Gasteiger partial charge in [0.2, 0.25) is 0 Å². The molecule has 0 fully saturated rings. The molecule has 0 saturated carbocycles. The van der Waals surface area contributed by atoms with Crippen LogP contribution in [0.1, 0.15) is 32.4 Å². The maximum Gasteiger partial charge on any atom is 0.359 e. The van der Waals surface area contributed by atoms with E-state index in [0.29, 0.717) is 11.4 Å². The molecule has 0 aliphatic rings. The highest BCUT2D eigenvalue weighted by Crippen LogP contribution is 2.09. The second kappa shape index (κ2) is 4.04. The van der Waals surface area contributed by atoms with Crippen LogP contribution in [0.3, 0.4) is 0 Å². The summed E-state index contributed by atoms with van der Waals surface area (Å²) in [4.78, 5) is 29.6. The van der Waals surface area contributed by atoms with Crippen molar-refractivity contribution in [2.24, 2.45) is 0 Å². The third kappa shape index (κ3) is 2.09. The highest BCUT2D eigenvalue weighted by Gasteiger charge is 2.21. The van der Waals surface area contributed by atoms with Crippen molar-refractivity contribution in [1.82, 2.24) is 9.97 Å². The molecule has 1 aromatic rings. The van der Waals surface area contributed by atoms with Gasteiger partial charge in [-0.25, -0.2) is 19.6 Å². The fourth-order valence-corrected chi connectivity index (χ4v) is 0.991. The van der Waals surface area contributed by atoms with Crippen LogP contribution in [0.5, 0.6) is 0 Å². The van der Waals surface area contributed by atoms with E-state index in [2.05, 4.69) is 14.7 Å². The van der Waals surface area contributed by atoms with Gasteiger partial charge < -0.3 is 9.84 Å². The Morgan fingerprint density at radius 1 is 1.13 bits per heavy atom. The monoisotopic (exact) mass is 210 g/mol. The summed E-state index contributed by atoms with van der Waals surface area (Å²) in [6.45, 7) is 3.26. The zero-order chi connectivity index (χ0) is 11.6. The first-order valence-electron chi connectivity index (χ1n) is 4.14. The Morgan fingerprint density at radius 2 is 1.60 bits per heavy atom. The lowest BCUT2D eigenvalue weighted by atomic mass is 10.2. The van der Waals surface area contributed by atoms with Crippen molar-refractivity contribution in [2.75, 3.05) is 7.11 Å². The van der Waals surface area contributed by atoms with Crippen LogP contribution in [-0.4, -0.2) is 34.1 Å². The van der Waals surface area contributed by atoms with Crippen molar-refractivity contribution >= 4 is 11.9 Å². The van der Waals surface area contributed by atoms with Crippen LogP contribution in [0.25, 0.3) is 0 Å². The molecule has 0 saturated heterocycles. The smallest absolute Gasteiger partial charge is 0.359 e. The average molecular weight is 210 g/mol. The highest BCUT2D eigenvalue weighted by atomic mass is 16.5. The van der Waals surface area contributed by atoms with Gasteiger partial charge in [0.1, 0.15) is 0 Å². The quantitative estimate of drug-likeness (QED) is 0.718. The van der Waals surface area contributed by atoms with E-state index in [1.807, 2.05) is 0 Å². The van der Waals surface area contributed by atoms with E-state index >= 15 is 0 Å². The van der Waals surface area contributed by atoms with Gasteiger partial charge in [0, 0.05) is 0 Å². The first kappa shape index (κ1) is 11.1. The van der Waals surface area contributed by atoms with Crippen LogP contribution >= 0.6 is 0 Å². The van der Waals surface area contributed by atoms with Gasteiger partial charge in [0.05, 0.1) is 18.5 Å². The highest BCUT2D eigenvalue weighted by molar-refractivity contribution is 5.99. The molecule has 80 valence electrons. The zero-order valence-corrected chi connectivity index (χ0v) is 8.57. The lowest BCUT2D eigenvalue weighted by Crippen LogP contribution is -2.16. The number of carboxylic acids is 1. The number of hydrogen-bond donors (Lipinski definition) is 1. The number of esters is 1. The Kier molecular flexibility index (Phi) is 2.99. The van der Waals surface area contributed by atoms with E-state index in [-0.39, 0.29) is 11.4 Å². The van der Waals surface area contributed by atoms with Gasteiger partial charge in [-0.3, -0.25) is 0 Å². The van der Waals surface area contributed by atoms with Crippen LogP contribution in [0.15, 0.2) is 0 Å². The summed E-state index contributed by atoms with van der Waals surface area (Å²) >= 11 is 0. The van der Waals surface area contributed by atoms with E-state index in [9.17, 15) is 9.59 Å². The molecule has 0 spiro atoms. The molecule has 0 aliphatic carbocycles. The summed E-state index contributed by atoms with van der Waals surface area (Å²) in [5.74, 6) is -2.10. The van der Waals surface area contributed by atoms with Crippen molar-refractivity contribution in [3.05, 3.63) is 22.8 Å². The number of hydrogen-bond acceptors (Lipinski definition) is 5. The van der Waals surface area contributed by atoms with Gasteiger partial charge in [-0.1, -0.05) is 0 Å². The average Bonchev–Trinajstić information content (AvgIpc) is 2.20. The third-order valence-electron chi connectivity index (χ3n) is 1.89. The summed E-state index contributed by atoms with van der Waals surface area (Å²) in [7, 11) is 1.16. The molecular weight excluding hydrogens is 200 g/mol. The summed E-state index contributed by atoms with van der Waals surface area (Å²) in [6, 6.07) is 0. The number of methoxy groups -OCH3 is 1. The van der Waals surface area contributed by atoms with Crippen molar-refractivity contribution in [2.45, 2.75) is 13.8 Å². The summed E-state index contributed by atoms with van der Waals surface area (Å²) < 4.78 is 4.42. The van der Waals surface area contributed by atoms with Gasteiger partial charge in [-0.05, 0) is 13.8 Å². The van der Waals surface area contributed by atoms with Crippen molar-refractivity contribution in [3.63, 3.8) is 0 Å². The molecule has 15 heavy (non-hydrogen) atoms. The first-order valence-corrected chi connectivity index (χ1v) is 4.14. The maximum atomic E-state index is 11.2. The fourth-order valence-electron chi connectivity index (χ4n) is 0.991. The minimum Gasteiger partial charge on any atom is -0.476 e. The van der Waals surface area contributed by atoms with E-state index < -0.39 is 11.9 Å². The van der Waals surface area contributed by atoms with E-state index in [4.69, 9.17) is 5.11 Å². The van der Waals surface area contributed by atoms with Crippen LogP contribution in [0.4, 0.5) is 0 Å². The Hall–Kier alpha value is -1.98. The molecule has 0 atom stereocenters. The van der Waals surface area contributed by atoms with E-state index in [1.54, 1.807) is 13.8 Å². The summed E-state index contributed by atoms with van der Waals surface area (Å²) in [6.07, 6.45) is 0. The minimum atomic E-state index is -1.30. The standard InChI is InChI=1S/C9H10N2O4/c1-4-5(2)11-7(9(14)15-3)6(10-4)8(12)13/h1-3H3,(H,12,13).